The van der Waals surface area contributed by atoms with Crippen molar-refractivity contribution in [2.45, 2.75) is 51.5 Å². The lowest BCUT2D eigenvalue weighted by Crippen LogP contribution is -2.40. The van der Waals surface area contributed by atoms with Crippen LogP contribution >= 0.6 is 0 Å². The van der Waals surface area contributed by atoms with Gasteiger partial charge in [0.2, 0.25) is 0 Å². The fourth-order valence-electron chi connectivity index (χ4n) is 1.64. The van der Waals surface area contributed by atoms with Crippen LogP contribution in [0.4, 0.5) is 4.79 Å². The van der Waals surface area contributed by atoms with Crippen molar-refractivity contribution in [2.24, 2.45) is 0 Å². The van der Waals surface area contributed by atoms with E-state index in [2.05, 4.69) is 0 Å². The van der Waals surface area contributed by atoms with Crippen molar-refractivity contribution in [2.75, 3.05) is 6.54 Å². The Morgan fingerprint density at radius 3 is 2.33 bits per heavy atom. The summed E-state index contributed by atoms with van der Waals surface area (Å²) in [6.45, 7) is 6.99. The fourth-order valence-corrected chi connectivity index (χ4v) is 1.64. The van der Waals surface area contributed by atoms with E-state index in [1.807, 2.05) is 0 Å². The van der Waals surface area contributed by atoms with Crippen molar-refractivity contribution >= 4 is 6.09 Å². The van der Waals surface area contributed by atoms with Crippen LogP contribution in [0.5, 0.6) is 0 Å². The summed E-state index contributed by atoms with van der Waals surface area (Å²) in [5.74, 6) is -1.78. The first-order chi connectivity index (χ1) is 6.61. The Labute approximate surface area is 89.6 Å². The average Bonchev–Trinajstić information content (AvgIpc) is 2.20. The molecule has 1 rings (SSSR count). The predicted octanol–water partition coefficient (Wildman–Crippen LogP) is 0.697. The van der Waals surface area contributed by atoms with E-state index < -0.39 is 17.5 Å². The molecular weight excluding hydrogens is 198 g/mol. The van der Waals surface area contributed by atoms with Crippen LogP contribution in [0.3, 0.4) is 0 Å². The molecule has 0 aromatic carbocycles. The first-order valence-corrected chi connectivity index (χ1v) is 5.05. The Morgan fingerprint density at radius 1 is 1.47 bits per heavy atom. The summed E-state index contributed by atoms with van der Waals surface area (Å²) in [6.07, 6.45) is -0.341. The van der Waals surface area contributed by atoms with Crippen LogP contribution in [0.25, 0.3) is 0 Å². The molecule has 15 heavy (non-hydrogen) atoms. The lowest BCUT2D eigenvalue weighted by molar-refractivity contribution is -0.147. The zero-order valence-electron chi connectivity index (χ0n) is 9.65. The topological polar surface area (TPSA) is 70.0 Å². The maximum absolute atomic E-state index is 11.6. The highest BCUT2D eigenvalue weighted by Gasteiger charge is 2.42. The van der Waals surface area contributed by atoms with Crippen molar-refractivity contribution in [1.82, 2.24) is 4.90 Å². The smallest absolute Gasteiger partial charge is 0.410 e. The minimum atomic E-state index is -1.78. The van der Waals surface area contributed by atoms with Gasteiger partial charge in [0.25, 0.3) is 0 Å². The summed E-state index contributed by atoms with van der Waals surface area (Å²) in [5.41, 5.74) is -0.563. The molecule has 0 saturated carbocycles. The number of amides is 1. The van der Waals surface area contributed by atoms with Crippen molar-refractivity contribution in [1.29, 1.82) is 0 Å². The molecule has 0 bridgehead atoms. The number of carbonyl (C=O) groups is 1. The lowest BCUT2D eigenvalue weighted by Gasteiger charge is -2.26. The van der Waals surface area contributed by atoms with Gasteiger partial charge in [-0.3, -0.25) is 4.90 Å². The van der Waals surface area contributed by atoms with E-state index in [0.717, 1.165) is 0 Å². The predicted molar refractivity (Wildman–Crippen MR) is 54.2 cm³/mol. The molecule has 2 N–H and O–H groups in total. The normalized spacial score (nSPS) is 25.5. The van der Waals surface area contributed by atoms with Gasteiger partial charge in [0.05, 0.1) is 6.54 Å². The zero-order valence-corrected chi connectivity index (χ0v) is 9.65. The number of aliphatic hydroxyl groups is 2. The summed E-state index contributed by atoms with van der Waals surface area (Å²) in [5, 5.41) is 18.8. The molecule has 0 aromatic heterocycles. The Hall–Kier alpha value is -0.810. The van der Waals surface area contributed by atoms with Crippen LogP contribution < -0.4 is 0 Å². The second kappa shape index (κ2) is 3.64. The molecule has 0 spiro atoms. The molecule has 0 aliphatic carbocycles. The number of hydrogen-bond acceptors (Lipinski definition) is 4. The molecule has 5 heteroatoms. The van der Waals surface area contributed by atoms with E-state index in [1.165, 1.54) is 4.90 Å². The molecule has 1 fully saturated rings. The van der Waals surface area contributed by atoms with E-state index in [-0.39, 0.29) is 19.0 Å². The number of carbonyl (C=O) groups excluding carboxylic acids is 1. The van der Waals surface area contributed by atoms with Gasteiger partial charge in [-0.25, -0.2) is 4.79 Å². The molecule has 1 heterocycles. The van der Waals surface area contributed by atoms with E-state index in [4.69, 9.17) is 4.74 Å². The molecule has 1 saturated heterocycles. The molecular formula is C10H19NO4. The summed E-state index contributed by atoms with van der Waals surface area (Å²) in [7, 11) is 0. The first-order valence-electron chi connectivity index (χ1n) is 5.05. The highest BCUT2D eigenvalue weighted by Crippen LogP contribution is 2.26. The Kier molecular flexibility index (Phi) is 2.98. The average molecular weight is 217 g/mol. The van der Waals surface area contributed by atoms with Gasteiger partial charge < -0.3 is 14.9 Å². The second-order valence-corrected chi connectivity index (χ2v) is 5.14. The highest BCUT2D eigenvalue weighted by atomic mass is 16.6. The van der Waals surface area contributed by atoms with Crippen LogP contribution in [-0.2, 0) is 4.74 Å². The summed E-state index contributed by atoms with van der Waals surface area (Å²) in [6, 6.07) is -0.213. The minimum Gasteiger partial charge on any atom is -0.444 e. The van der Waals surface area contributed by atoms with Gasteiger partial charge in [0.15, 0.2) is 5.79 Å². The van der Waals surface area contributed by atoms with Crippen LogP contribution in [0.1, 0.15) is 34.1 Å². The minimum absolute atomic E-state index is 0.0942. The summed E-state index contributed by atoms with van der Waals surface area (Å²) >= 11 is 0. The molecule has 0 aromatic rings. The second-order valence-electron chi connectivity index (χ2n) is 5.14. The quantitative estimate of drug-likeness (QED) is 0.586. The molecule has 0 radical (unpaired) electrons. The molecule has 1 atom stereocenters. The monoisotopic (exact) mass is 217 g/mol. The summed E-state index contributed by atoms with van der Waals surface area (Å²) < 4.78 is 5.15. The maximum atomic E-state index is 11.6. The van der Waals surface area contributed by atoms with Gasteiger partial charge in [-0.1, -0.05) is 0 Å². The van der Waals surface area contributed by atoms with Gasteiger partial charge in [-0.15, -0.1) is 0 Å². The third-order valence-corrected chi connectivity index (χ3v) is 2.21. The van der Waals surface area contributed by atoms with Gasteiger partial charge in [-0.05, 0) is 27.7 Å². The SMILES string of the molecule is C[C@H]1CC(O)(O)CN1C(=O)OC(C)(C)C. The zero-order chi connectivity index (χ0) is 11.9. The van der Waals surface area contributed by atoms with Crippen molar-refractivity contribution in [3.05, 3.63) is 0 Å². The largest absolute Gasteiger partial charge is 0.444 e. The Bertz CT molecular complexity index is 257. The molecule has 5 nitrogen and oxygen atoms in total. The Balaban J connectivity index is 2.62. The van der Waals surface area contributed by atoms with Gasteiger partial charge in [0, 0.05) is 12.5 Å². The third kappa shape index (κ3) is 3.35. The number of likely N-dealkylation sites (tertiary alicyclic amines) is 1. The highest BCUT2D eigenvalue weighted by molar-refractivity contribution is 5.69. The number of nitrogens with zero attached hydrogens (tertiary/aromatic N) is 1. The van der Waals surface area contributed by atoms with E-state index in [0.29, 0.717) is 0 Å². The lowest BCUT2D eigenvalue weighted by atomic mass is 10.2. The van der Waals surface area contributed by atoms with Crippen molar-refractivity contribution < 1.29 is 19.7 Å². The van der Waals surface area contributed by atoms with Crippen molar-refractivity contribution in [3.8, 4) is 0 Å². The number of hydrogen-bond donors (Lipinski definition) is 2. The van der Waals surface area contributed by atoms with E-state index in [1.54, 1.807) is 27.7 Å². The van der Waals surface area contributed by atoms with Crippen molar-refractivity contribution in [3.63, 3.8) is 0 Å². The molecule has 0 unspecified atom stereocenters. The van der Waals surface area contributed by atoms with Gasteiger partial charge >= 0.3 is 6.09 Å². The van der Waals surface area contributed by atoms with E-state index >= 15 is 0 Å². The van der Waals surface area contributed by atoms with Crippen LogP contribution in [0, 0.1) is 0 Å². The summed E-state index contributed by atoms with van der Waals surface area (Å²) in [4.78, 5) is 13.0. The van der Waals surface area contributed by atoms with Gasteiger partial charge in [0.1, 0.15) is 5.60 Å². The van der Waals surface area contributed by atoms with E-state index in [9.17, 15) is 15.0 Å². The first kappa shape index (κ1) is 12.3. The molecule has 1 aliphatic heterocycles. The fraction of sp³-hybridized carbons (Fsp3) is 0.900. The van der Waals surface area contributed by atoms with Crippen LogP contribution in [-0.4, -0.2) is 45.2 Å². The number of rotatable bonds is 0. The molecule has 1 amide bonds. The Morgan fingerprint density at radius 2 is 2.00 bits per heavy atom. The standard InChI is InChI=1S/C10H19NO4/c1-7-5-10(13,14)6-11(7)8(12)15-9(2,3)4/h7,13-14H,5-6H2,1-4H3/t7-/m0/s1. The number of β-amino-alcohol motifs (C(OH)–C–C–N with tert-alkyl or cyclic N) is 2. The molecule has 1 aliphatic rings. The third-order valence-electron chi connectivity index (χ3n) is 2.21. The molecule has 88 valence electrons. The van der Waals surface area contributed by atoms with Gasteiger partial charge in [-0.2, -0.15) is 0 Å². The maximum Gasteiger partial charge on any atom is 0.410 e. The number of ether oxygens (including phenoxy) is 1. The van der Waals surface area contributed by atoms with Crippen LogP contribution in [0.15, 0.2) is 0 Å². The van der Waals surface area contributed by atoms with Crippen LogP contribution in [0.2, 0.25) is 0 Å².